The van der Waals surface area contributed by atoms with Gasteiger partial charge in [0.2, 0.25) is 0 Å². The molecule has 0 bridgehead atoms. The standard InChI is InChI=1S/C24H28N6O.2H2/c1-2-3-13-20-29-21-22(18-11-7-8-12-19(18)28-23(21)25)30(20)15-14-26-24(31)27-16-17-9-5-4-6-10-17;;/h4-12H,2-3,13-16H2,1H3,(H2,25,28)(H2,26,27,31);2*1H. The zero-order valence-corrected chi connectivity index (χ0v) is 17.8. The molecule has 4 aromatic rings. The molecule has 0 saturated carbocycles. The predicted molar refractivity (Wildman–Crippen MR) is 129 cm³/mol. The molecule has 0 aliphatic rings. The second kappa shape index (κ2) is 9.47. The number of pyridine rings is 1. The number of benzene rings is 2. The summed E-state index contributed by atoms with van der Waals surface area (Å²) in [6.45, 7) is 3.76. The third-order valence-electron chi connectivity index (χ3n) is 5.36. The molecule has 4 rings (SSSR count). The van der Waals surface area contributed by atoms with E-state index in [9.17, 15) is 4.79 Å². The average Bonchev–Trinajstić information content (AvgIpc) is 3.16. The van der Waals surface area contributed by atoms with Crippen molar-refractivity contribution < 1.29 is 7.65 Å². The Morgan fingerprint density at radius 3 is 2.65 bits per heavy atom. The first-order chi connectivity index (χ1) is 15.2. The smallest absolute Gasteiger partial charge is 0.315 e. The molecule has 4 N–H and O–H groups in total. The molecule has 7 nitrogen and oxygen atoms in total. The summed E-state index contributed by atoms with van der Waals surface area (Å²) in [6, 6.07) is 17.6. The maximum atomic E-state index is 12.3. The molecule has 2 heterocycles. The van der Waals surface area contributed by atoms with E-state index in [1.165, 1.54) is 0 Å². The lowest BCUT2D eigenvalue weighted by Gasteiger charge is -2.12. The van der Waals surface area contributed by atoms with E-state index in [4.69, 9.17) is 10.7 Å². The van der Waals surface area contributed by atoms with Gasteiger partial charge in [-0.25, -0.2) is 14.8 Å². The number of aromatic nitrogens is 3. The number of aryl methyl sites for hydroxylation is 1. The molecule has 2 amide bonds. The third kappa shape index (κ3) is 4.60. The van der Waals surface area contributed by atoms with E-state index < -0.39 is 0 Å². The van der Waals surface area contributed by atoms with E-state index in [-0.39, 0.29) is 8.88 Å². The normalized spacial score (nSPS) is 11.1. The van der Waals surface area contributed by atoms with Crippen LogP contribution in [0.25, 0.3) is 21.9 Å². The van der Waals surface area contributed by atoms with Crippen LogP contribution in [0.4, 0.5) is 10.6 Å². The van der Waals surface area contributed by atoms with E-state index >= 15 is 0 Å². The van der Waals surface area contributed by atoms with Gasteiger partial charge in [0.05, 0.1) is 11.0 Å². The summed E-state index contributed by atoms with van der Waals surface area (Å²) in [6.07, 6.45) is 2.98. The summed E-state index contributed by atoms with van der Waals surface area (Å²) in [4.78, 5) is 21.6. The number of para-hydroxylation sites is 1. The van der Waals surface area contributed by atoms with Gasteiger partial charge in [-0.2, -0.15) is 0 Å². The number of nitrogens with one attached hydrogen (secondary N) is 2. The Hall–Kier alpha value is -3.61. The SMILES string of the molecule is CCCCc1nc2c(N)nc3ccccc3c2n1CCNC(=O)NCc1ccccc1.[HH].[HH]. The highest BCUT2D eigenvalue weighted by Gasteiger charge is 2.17. The Morgan fingerprint density at radius 2 is 1.84 bits per heavy atom. The number of hydrogen-bond donors (Lipinski definition) is 3. The van der Waals surface area contributed by atoms with E-state index in [2.05, 4.69) is 27.1 Å². The van der Waals surface area contributed by atoms with Crippen molar-refractivity contribution in [3.63, 3.8) is 0 Å². The largest absolute Gasteiger partial charge is 0.382 e. The van der Waals surface area contributed by atoms with Gasteiger partial charge in [0.1, 0.15) is 11.3 Å². The van der Waals surface area contributed by atoms with Crippen molar-refractivity contribution in [2.24, 2.45) is 0 Å². The Morgan fingerprint density at radius 1 is 1.06 bits per heavy atom. The number of amides is 2. The minimum absolute atomic E-state index is 0. The van der Waals surface area contributed by atoms with Crippen LogP contribution >= 0.6 is 0 Å². The van der Waals surface area contributed by atoms with Gasteiger partial charge in [0.15, 0.2) is 5.82 Å². The molecule has 0 atom stereocenters. The molecule has 0 aliphatic carbocycles. The summed E-state index contributed by atoms with van der Waals surface area (Å²) in [7, 11) is 0. The van der Waals surface area contributed by atoms with Gasteiger partial charge in [-0.3, -0.25) is 0 Å². The molecule has 0 aliphatic heterocycles. The molecule has 2 aromatic heterocycles. The number of carbonyl (C=O) groups excluding carboxylic acids is 1. The Bertz CT molecular complexity index is 1200. The van der Waals surface area contributed by atoms with Crippen molar-refractivity contribution in [1.82, 2.24) is 25.2 Å². The van der Waals surface area contributed by atoms with E-state index in [1.54, 1.807) is 0 Å². The molecule has 0 unspecified atom stereocenters. The Balaban J connectivity index is 0.00000193. The van der Waals surface area contributed by atoms with Crippen molar-refractivity contribution >= 4 is 33.8 Å². The van der Waals surface area contributed by atoms with Crippen molar-refractivity contribution in [3.05, 3.63) is 66.0 Å². The molecule has 0 radical (unpaired) electrons. The lowest BCUT2D eigenvalue weighted by atomic mass is 10.2. The zero-order valence-electron chi connectivity index (χ0n) is 17.8. The van der Waals surface area contributed by atoms with Crippen molar-refractivity contribution in [2.45, 2.75) is 39.3 Å². The number of rotatable bonds is 8. The quantitative estimate of drug-likeness (QED) is 0.391. The minimum atomic E-state index is -0.186. The highest BCUT2D eigenvalue weighted by molar-refractivity contribution is 6.06. The molecule has 2 aromatic carbocycles. The molecule has 7 heteroatoms. The number of urea groups is 1. The van der Waals surface area contributed by atoms with Crippen LogP contribution in [0.3, 0.4) is 0 Å². The summed E-state index contributed by atoms with van der Waals surface area (Å²) in [5, 5.41) is 6.88. The fourth-order valence-corrected chi connectivity index (χ4v) is 3.79. The molecular formula is C24H32N6O. The lowest BCUT2D eigenvalue weighted by Crippen LogP contribution is -2.36. The fraction of sp³-hybridized carbons (Fsp3) is 0.292. The average molecular weight is 421 g/mol. The van der Waals surface area contributed by atoms with Crippen molar-refractivity contribution in [1.29, 1.82) is 0 Å². The van der Waals surface area contributed by atoms with Crippen LogP contribution in [0, 0.1) is 0 Å². The number of carbonyl (C=O) groups is 1. The topological polar surface area (TPSA) is 97.9 Å². The number of hydrogen-bond acceptors (Lipinski definition) is 4. The van der Waals surface area contributed by atoms with Crippen LogP contribution in [-0.2, 0) is 19.5 Å². The number of imidazole rings is 1. The number of nitrogen functional groups attached to an aromatic ring is 1. The first-order valence-corrected chi connectivity index (χ1v) is 10.8. The van der Waals surface area contributed by atoms with Crippen molar-refractivity contribution in [3.8, 4) is 0 Å². The van der Waals surface area contributed by atoms with Crippen LogP contribution in [0.15, 0.2) is 54.6 Å². The van der Waals surface area contributed by atoms with Crippen LogP contribution in [-0.4, -0.2) is 27.1 Å². The van der Waals surface area contributed by atoms with Gasteiger partial charge >= 0.3 is 6.03 Å². The van der Waals surface area contributed by atoms with Crippen LogP contribution in [0.2, 0.25) is 0 Å². The molecule has 164 valence electrons. The van der Waals surface area contributed by atoms with Gasteiger partial charge < -0.3 is 20.9 Å². The minimum Gasteiger partial charge on any atom is -0.382 e. The molecule has 0 saturated heterocycles. The van der Waals surface area contributed by atoms with Crippen molar-refractivity contribution in [2.75, 3.05) is 12.3 Å². The predicted octanol–water partition coefficient (Wildman–Crippen LogP) is 4.50. The monoisotopic (exact) mass is 420 g/mol. The van der Waals surface area contributed by atoms with Gasteiger partial charge in [0, 0.05) is 34.3 Å². The zero-order chi connectivity index (χ0) is 21.6. The Labute approximate surface area is 184 Å². The van der Waals surface area contributed by atoms with Crippen LogP contribution < -0.4 is 16.4 Å². The number of fused-ring (bicyclic) bond motifs is 3. The number of nitrogens with two attached hydrogens (primary N) is 1. The number of anilines is 1. The fourth-order valence-electron chi connectivity index (χ4n) is 3.79. The van der Waals surface area contributed by atoms with Gasteiger partial charge in [-0.15, -0.1) is 0 Å². The van der Waals surface area contributed by atoms with Gasteiger partial charge in [-0.1, -0.05) is 61.9 Å². The second-order valence-electron chi connectivity index (χ2n) is 7.59. The first-order valence-electron chi connectivity index (χ1n) is 10.8. The first kappa shape index (κ1) is 20.7. The molecular weight excluding hydrogens is 388 g/mol. The maximum Gasteiger partial charge on any atom is 0.315 e. The van der Waals surface area contributed by atoms with E-state index in [1.807, 2.05) is 54.6 Å². The summed E-state index contributed by atoms with van der Waals surface area (Å²) in [5.41, 5.74) is 9.88. The Kier molecular flexibility index (Phi) is 6.31. The summed E-state index contributed by atoms with van der Waals surface area (Å²) in [5.74, 6) is 1.42. The highest BCUT2D eigenvalue weighted by atomic mass is 16.2. The molecule has 31 heavy (non-hydrogen) atoms. The third-order valence-corrected chi connectivity index (χ3v) is 5.36. The van der Waals surface area contributed by atoms with Crippen LogP contribution in [0.5, 0.6) is 0 Å². The summed E-state index contributed by atoms with van der Waals surface area (Å²) >= 11 is 0. The number of nitrogens with zero attached hydrogens (tertiary/aromatic N) is 3. The van der Waals surface area contributed by atoms with Gasteiger partial charge in [0.25, 0.3) is 0 Å². The maximum absolute atomic E-state index is 12.3. The molecule has 0 fully saturated rings. The molecule has 0 spiro atoms. The lowest BCUT2D eigenvalue weighted by molar-refractivity contribution is 0.240. The van der Waals surface area contributed by atoms with Gasteiger partial charge in [-0.05, 0) is 18.1 Å². The highest BCUT2D eigenvalue weighted by Crippen LogP contribution is 2.29. The second-order valence-corrected chi connectivity index (χ2v) is 7.59. The number of unbranched alkanes of at least 4 members (excludes halogenated alkanes) is 1. The summed E-state index contributed by atoms with van der Waals surface area (Å²) < 4.78 is 2.18. The van der Waals surface area contributed by atoms with E-state index in [0.717, 1.165) is 52.6 Å². The van der Waals surface area contributed by atoms with E-state index in [0.29, 0.717) is 25.5 Å². The van der Waals surface area contributed by atoms with Crippen LogP contribution in [0.1, 0.15) is 34.0 Å².